The second-order valence-corrected chi connectivity index (χ2v) is 6.49. The number of benzene rings is 2. The third-order valence-electron chi connectivity index (χ3n) is 4.42. The van der Waals surface area contributed by atoms with Gasteiger partial charge in [-0.3, -0.25) is 9.48 Å². The fraction of sp³-hybridized carbons (Fsp3) is 0.158. The number of anilines is 2. The van der Waals surface area contributed by atoms with Crippen molar-refractivity contribution in [1.29, 1.82) is 0 Å². The minimum Gasteiger partial charge on any atom is -0.454 e. The summed E-state index contributed by atoms with van der Waals surface area (Å²) in [5, 5.41) is 6.41. The highest BCUT2D eigenvalue weighted by Gasteiger charge is 2.18. The zero-order valence-corrected chi connectivity index (χ0v) is 15.7. The molecule has 0 unspecified atom stereocenters. The van der Waals surface area contributed by atoms with Crippen molar-refractivity contribution >= 4 is 28.7 Å². The van der Waals surface area contributed by atoms with Crippen molar-refractivity contribution in [1.82, 2.24) is 9.36 Å². The molecular formula is C19H18N4O3S. The minimum absolute atomic E-state index is 0.170. The molecule has 0 saturated heterocycles. The summed E-state index contributed by atoms with van der Waals surface area (Å²) in [5.74, 6) is 1.36. The molecule has 2 heterocycles. The van der Waals surface area contributed by atoms with Crippen LogP contribution in [0, 0.1) is 6.92 Å². The van der Waals surface area contributed by atoms with Crippen LogP contribution in [0.25, 0.3) is 5.69 Å². The predicted octanol–water partition coefficient (Wildman–Crippen LogP) is 3.02. The molecule has 0 radical (unpaired) electrons. The Labute approximate surface area is 161 Å². The van der Waals surface area contributed by atoms with Crippen LogP contribution >= 0.6 is 12.2 Å². The third kappa shape index (κ3) is 3.15. The lowest BCUT2D eigenvalue weighted by Crippen LogP contribution is -2.25. The number of nitrogens with zero attached hydrogens (tertiary/aromatic N) is 2. The fourth-order valence-electron chi connectivity index (χ4n) is 2.96. The summed E-state index contributed by atoms with van der Waals surface area (Å²) >= 11 is 5.38. The first kappa shape index (κ1) is 17.2. The van der Waals surface area contributed by atoms with Gasteiger partial charge in [-0.05, 0) is 43.4 Å². The van der Waals surface area contributed by atoms with Crippen molar-refractivity contribution in [3.05, 3.63) is 64.6 Å². The largest absolute Gasteiger partial charge is 0.454 e. The van der Waals surface area contributed by atoms with E-state index in [1.807, 2.05) is 56.4 Å². The Morgan fingerprint density at radius 1 is 1.07 bits per heavy atom. The van der Waals surface area contributed by atoms with Crippen molar-refractivity contribution in [2.24, 2.45) is 7.05 Å². The Morgan fingerprint density at radius 3 is 2.59 bits per heavy atom. The van der Waals surface area contributed by atoms with Crippen LogP contribution in [0.2, 0.25) is 0 Å². The molecule has 3 aromatic rings. The molecule has 0 aliphatic carbocycles. The van der Waals surface area contributed by atoms with E-state index in [1.165, 1.54) is 0 Å². The van der Waals surface area contributed by atoms with Crippen molar-refractivity contribution < 1.29 is 9.47 Å². The van der Waals surface area contributed by atoms with Crippen LogP contribution < -0.4 is 25.7 Å². The van der Waals surface area contributed by atoms with Crippen LogP contribution in [0.15, 0.2) is 53.3 Å². The first-order valence-corrected chi connectivity index (χ1v) is 8.77. The molecule has 0 bridgehead atoms. The molecule has 7 nitrogen and oxygen atoms in total. The summed E-state index contributed by atoms with van der Waals surface area (Å²) in [6, 6.07) is 14.9. The Bertz CT molecular complexity index is 1070. The number of nitrogens with one attached hydrogen (secondary N) is 2. The van der Waals surface area contributed by atoms with Crippen LogP contribution in [-0.2, 0) is 7.05 Å². The summed E-state index contributed by atoms with van der Waals surface area (Å²) in [4.78, 5) is 12.9. The van der Waals surface area contributed by atoms with Gasteiger partial charge in [-0.25, -0.2) is 4.68 Å². The van der Waals surface area contributed by atoms with Crippen molar-refractivity contribution in [3.8, 4) is 17.2 Å². The van der Waals surface area contributed by atoms with E-state index < -0.39 is 0 Å². The number of thiocarbonyl (C=S) groups is 1. The first-order chi connectivity index (χ1) is 13.0. The Hall–Kier alpha value is -3.26. The van der Waals surface area contributed by atoms with Gasteiger partial charge in [-0.15, -0.1) is 0 Å². The molecule has 2 N–H and O–H groups in total. The second kappa shape index (κ2) is 6.81. The van der Waals surface area contributed by atoms with Crippen LogP contribution in [-0.4, -0.2) is 21.3 Å². The van der Waals surface area contributed by atoms with E-state index in [2.05, 4.69) is 10.6 Å². The highest BCUT2D eigenvalue weighted by atomic mass is 32.1. The molecule has 27 heavy (non-hydrogen) atoms. The lowest BCUT2D eigenvalue weighted by molar-refractivity contribution is 0.174. The average molecular weight is 382 g/mol. The number of para-hydroxylation sites is 1. The van der Waals surface area contributed by atoms with Gasteiger partial charge in [0.05, 0.1) is 11.4 Å². The molecule has 0 spiro atoms. The monoisotopic (exact) mass is 382 g/mol. The van der Waals surface area contributed by atoms with Crippen LogP contribution in [0.1, 0.15) is 5.69 Å². The SMILES string of the molecule is Cc1c(NC(=S)Nc2ccc3c(c2)OCO3)c(=O)n(-c2ccccc2)n1C. The van der Waals surface area contributed by atoms with E-state index in [1.54, 1.807) is 15.4 Å². The molecular weight excluding hydrogens is 364 g/mol. The van der Waals surface area contributed by atoms with Crippen molar-refractivity contribution in [2.45, 2.75) is 6.92 Å². The second-order valence-electron chi connectivity index (χ2n) is 6.08. The maximum Gasteiger partial charge on any atom is 0.295 e. The smallest absolute Gasteiger partial charge is 0.295 e. The Morgan fingerprint density at radius 2 is 1.81 bits per heavy atom. The van der Waals surface area contributed by atoms with Gasteiger partial charge in [0.15, 0.2) is 16.6 Å². The zero-order chi connectivity index (χ0) is 19.0. The van der Waals surface area contributed by atoms with Gasteiger partial charge >= 0.3 is 0 Å². The number of rotatable bonds is 3. The highest BCUT2D eigenvalue weighted by molar-refractivity contribution is 7.80. The van der Waals surface area contributed by atoms with Gasteiger partial charge in [-0.1, -0.05) is 18.2 Å². The van der Waals surface area contributed by atoms with E-state index >= 15 is 0 Å². The van der Waals surface area contributed by atoms with Gasteiger partial charge < -0.3 is 20.1 Å². The lowest BCUT2D eigenvalue weighted by Gasteiger charge is -2.10. The van der Waals surface area contributed by atoms with E-state index in [-0.39, 0.29) is 12.4 Å². The Kier molecular flexibility index (Phi) is 4.33. The van der Waals surface area contributed by atoms with Gasteiger partial charge in [0, 0.05) is 18.8 Å². The van der Waals surface area contributed by atoms with Gasteiger partial charge in [0.25, 0.3) is 5.56 Å². The van der Waals surface area contributed by atoms with Crippen LogP contribution in [0.5, 0.6) is 11.5 Å². The predicted molar refractivity (Wildman–Crippen MR) is 108 cm³/mol. The van der Waals surface area contributed by atoms with Gasteiger partial charge in [0.1, 0.15) is 5.69 Å². The number of hydrogen-bond donors (Lipinski definition) is 2. The standard InChI is InChI=1S/C19H18N4O3S/c1-12-17(18(24)23(22(12)2)14-6-4-3-5-7-14)21-19(27)20-13-8-9-15-16(10-13)26-11-25-15/h3-10H,11H2,1-2H3,(H2,20,21,27). The zero-order valence-electron chi connectivity index (χ0n) is 14.9. The van der Waals surface area contributed by atoms with Crippen molar-refractivity contribution in [3.63, 3.8) is 0 Å². The van der Waals surface area contributed by atoms with Gasteiger partial charge in [0.2, 0.25) is 6.79 Å². The summed E-state index contributed by atoms with van der Waals surface area (Å²) < 4.78 is 14.1. The average Bonchev–Trinajstić information content (AvgIpc) is 3.21. The number of aromatic nitrogens is 2. The molecule has 0 atom stereocenters. The van der Waals surface area contributed by atoms with E-state index in [0.29, 0.717) is 22.3 Å². The van der Waals surface area contributed by atoms with Crippen LogP contribution in [0.4, 0.5) is 11.4 Å². The number of ether oxygens (including phenoxy) is 2. The maximum absolute atomic E-state index is 12.9. The summed E-state index contributed by atoms with van der Waals surface area (Å²) in [6.45, 7) is 2.08. The fourth-order valence-corrected chi connectivity index (χ4v) is 3.18. The molecule has 138 valence electrons. The molecule has 8 heteroatoms. The minimum atomic E-state index is -0.170. The topological polar surface area (TPSA) is 69.4 Å². The number of fused-ring (bicyclic) bond motifs is 1. The Balaban J connectivity index is 1.58. The lowest BCUT2D eigenvalue weighted by atomic mass is 10.3. The molecule has 0 amide bonds. The maximum atomic E-state index is 12.9. The molecule has 0 fully saturated rings. The van der Waals surface area contributed by atoms with E-state index in [4.69, 9.17) is 21.7 Å². The molecule has 2 aromatic carbocycles. The van der Waals surface area contributed by atoms with Crippen molar-refractivity contribution in [2.75, 3.05) is 17.4 Å². The van der Waals surface area contributed by atoms with E-state index in [0.717, 1.165) is 17.1 Å². The molecule has 4 rings (SSSR count). The van der Waals surface area contributed by atoms with Crippen LogP contribution in [0.3, 0.4) is 0 Å². The quantitative estimate of drug-likeness (QED) is 0.679. The van der Waals surface area contributed by atoms with Gasteiger partial charge in [-0.2, -0.15) is 0 Å². The summed E-state index contributed by atoms with van der Waals surface area (Å²) in [6.07, 6.45) is 0. The van der Waals surface area contributed by atoms with E-state index in [9.17, 15) is 4.79 Å². The first-order valence-electron chi connectivity index (χ1n) is 8.36. The normalized spacial score (nSPS) is 12.1. The number of hydrogen-bond acceptors (Lipinski definition) is 4. The molecule has 1 aromatic heterocycles. The third-order valence-corrected chi connectivity index (χ3v) is 4.63. The molecule has 1 aliphatic heterocycles. The summed E-state index contributed by atoms with van der Waals surface area (Å²) in [5.41, 5.74) is 2.57. The highest BCUT2D eigenvalue weighted by Crippen LogP contribution is 2.34. The summed E-state index contributed by atoms with van der Waals surface area (Å²) in [7, 11) is 1.84. The molecule has 0 saturated carbocycles. The molecule has 1 aliphatic rings.